The smallest absolute Gasteiger partial charge is 0.325 e. The first-order chi connectivity index (χ1) is 16.7. The van der Waals surface area contributed by atoms with Crippen molar-refractivity contribution >= 4 is 23.3 Å². The second-order valence-corrected chi connectivity index (χ2v) is 9.42. The molecule has 1 saturated heterocycles. The summed E-state index contributed by atoms with van der Waals surface area (Å²) in [5.41, 5.74) is 3.84. The Morgan fingerprint density at radius 2 is 1.80 bits per heavy atom. The highest BCUT2D eigenvalue weighted by molar-refractivity contribution is 6.02. The van der Waals surface area contributed by atoms with E-state index in [2.05, 4.69) is 10.6 Å². The van der Waals surface area contributed by atoms with E-state index in [4.69, 9.17) is 9.47 Å². The highest BCUT2D eigenvalue weighted by atomic mass is 16.5. The van der Waals surface area contributed by atoms with Crippen molar-refractivity contribution in [1.82, 2.24) is 5.32 Å². The van der Waals surface area contributed by atoms with E-state index in [1.165, 1.54) is 4.90 Å². The third kappa shape index (κ3) is 3.67. The second-order valence-electron chi connectivity index (χ2n) is 9.42. The summed E-state index contributed by atoms with van der Waals surface area (Å²) in [6, 6.07) is 18.1. The van der Waals surface area contributed by atoms with E-state index in [1.54, 1.807) is 14.0 Å². The molecule has 3 atom stereocenters. The lowest BCUT2D eigenvalue weighted by Crippen LogP contribution is -2.72. The molecule has 0 radical (unpaired) electrons. The van der Waals surface area contributed by atoms with Crippen LogP contribution in [0.3, 0.4) is 0 Å². The van der Waals surface area contributed by atoms with Crippen LogP contribution in [0.5, 0.6) is 11.5 Å². The van der Waals surface area contributed by atoms with Crippen molar-refractivity contribution < 1.29 is 19.1 Å². The number of benzene rings is 3. The lowest BCUT2D eigenvalue weighted by molar-refractivity contribution is -0.131. The fraction of sp³-hybridized carbons (Fsp3) is 0.286. The number of hydrogen-bond acceptors (Lipinski definition) is 4. The van der Waals surface area contributed by atoms with Gasteiger partial charge in [-0.3, -0.25) is 9.69 Å². The molecule has 7 heteroatoms. The van der Waals surface area contributed by atoms with Crippen molar-refractivity contribution in [2.24, 2.45) is 5.92 Å². The van der Waals surface area contributed by atoms with E-state index in [0.717, 1.165) is 22.4 Å². The maximum Gasteiger partial charge on any atom is 0.325 e. The van der Waals surface area contributed by atoms with Crippen molar-refractivity contribution in [3.8, 4) is 11.5 Å². The number of nitrogens with zero attached hydrogens (tertiary/aromatic N) is 1. The van der Waals surface area contributed by atoms with E-state index < -0.39 is 17.7 Å². The quantitative estimate of drug-likeness (QED) is 0.544. The predicted molar refractivity (Wildman–Crippen MR) is 135 cm³/mol. The van der Waals surface area contributed by atoms with E-state index >= 15 is 0 Å². The molecule has 0 aliphatic carbocycles. The Morgan fingerprint density at radius 1 is 1.06 bits per heavy atom. The van der Waals surface area contributed by atoms with Crippen LogP contribution in [0.4, 0.5) is 16.2 Å². The molecule has 35 heavy (non-hydrogen) atoms. The average molecular weight is 472 g/mol. The first kappa shape index (κ1) is 22.8. The molecule has 3 aromatic carbocycles. The molecule has 1 fully saturated rings. The number of methoxy groups -OCH3 is 1. The number of nitrogens with one attached hydrogen (secondary N) is 2. The number of amides is 3. The highest BCUT2D eigenvalue weighted by Crippen LogP contribution is 2.52. The molecule has 2 N–H and O–H groups in total. The van der Waals surface area contributed by atoms with Crippen LogP contribution in [0, 0.1) is 26.7 Å². The fourth-order valence-electron chi connectivity index (χ4n) is 5.25. The molecule has 2 heterocycles. The predicted octanol–water partition coefficient (Wildman–Crippen LogP) is 5.25. The first-order valence-electron chi connectivity index (χ1n) is 11.6. The molecule has 3 amide bonds. The number of anilines is 2. The van der Waals surface area contributed by atoms with Crippen LogP contribution < -0.4 is 25.0 Å². The number of fused-ring (bicyclic) bond motifs is 4. The van der Waals surface area contributed by atoms with Gasteiger partial charge in [0, 0.05) is 16.9 Å². The number of aryl methyl sites for hydroxylation is 3. The number of ether oxygens (including phenoxy) is 2. The summed E-state index contributed by atoms with van der Waals surface area (Å²) >= 11 is 0. The Balaban J connectivity index is 1.65. The van der Waals surface area contributed by atoms with E-state index in [-0.39, 0.29) is 11.9 Å². The minimum Gasteiger partial charge on any atom is -0.493 e. The minimum absolute atomic E-state index is 0.240. The highest BCUT2D eigenvalue weighted by Gasteiger charge is 2.60. The van der Waals surface area contributed by atoms with Gasteiger partial charge in [0.15, 0.2) is 11.5 Å². The van der Waals surface area contributed by atoms with Gasteiger partial charge in [-0.25, -0.2) is 4.79 Å². The second kappa shape index (κ2) is 8.34. The van der Waals surface area contributed by atoms with Crippen molar-refractivity contribution in [2.45, 2.75) is 39.5 Å². The molecule has 3 aromatic rings. The number of carbonyl (C=O) groups is 2. The molecule has 2 aliphatic rings. The Morgan fingerprint density at radius 3 is 2.51 bits per heavy atom. The van der Waals surface area contributed by atoms with E-state index in [1.807, 2.05) is 81.4 Å². The fourth-order valence-corrected chi connectivity index (χ4v) is 5.25. The Kier molecular flexibility index (Phi) is 5.43. The lowest BCUT2D eigenvalue weighted by Gasteiger charge is -2.54. The van der Waals surface area contributed by atoms with Gasteiger partial charge < -0.3 is 20.1 Å². The first-order valence-corrected chi connectivity index (χ1v) is 11.6. The number of hydrogen-bond donors (Lipinski definition) is 2. The molecule has 2 aliphatic heterocycles. The van der Waals surface area contributed by atoms with Gasteiger partial charge >= 0.3 is 6.03 Å². The van der Waals surface area contributed by atoms with Gasteiger partial charge in [0.25, 0.3) is 0 Å². The topological polar surface area (TPSA) is 79.9 Å². The molecular formula is C28H29N3O4. The maximum atomic E-state index is 13.9. The zero-order chi connectivity index (χ0) is 24.9. The van der Waals surface area contributed by atoms with E-state index in [9.17, 15) is 9.59 Å². The van der Waals surface area contributed by atoms with Crippen LogP contribution in [0.15, 0.2) is 60.7 Å². The summed E-state index contributed by atoms with van der Waals surface area (Å²) in [7, 11) is 1.58. The van der Waals surface area contributed by atoms with Crippen LogP contribution in [-0.4, -0.2) is 24.8 Å². The average Bonchev–Trinajstić information content (AvgIpc) is 2.80. The summed E-state index contributed by atoms with van der Waals surface area (Å²) in [5.74, 6) is 0.0830. The standard InChI is InChI=1S/C28H29N3O4/c1-16-8-6-9-19(15-16)31-27(33)30-24-20-10-7-11-22(34-5)25(20)35-28(31,4)23(24)26(32)29-21-13-12-17(2)14-18(21)3/h6-15,23-24H,1-5H3,(H,29,32)(H,30,33)/t23-,24-,28+/m0/s1. The third-order valence-corrected chi connectivity index (χ3v) is 6.89. The molecule has 0 unspecified atom stereocenters. The Labute approximate surface area is 205 Å². The lowest BCUT2D eigenvalue weighted by atomic mass is 9.78. The Hall–Kier alpha value is -4.00. The minimum atomic E-state index is -1.31. The van der Waals surface area contributed by atoms with Gasteiger partial charge in [-0.2, -0.15) is 0 Å². The summed E-state index contributed by atoms with van der Waals surface area (Å²) in [6.45, 7) is 7.73. The van der Waals surface area contributed by atoms with Crippen molar-refractivity contribution in [3.05, 3.63) is 82.9 Å². The number of para-hydroxylation sites is 1. The van der Waals surface area contributed by atoms with Crippen molar-refractivity contribution in [2.75, 3.05) is 17.3 Å². The summed E-state index contributed by atoms with van der Waals surface area (Å²) in [4.78, 5) is 29.0. The van der Waals surface area contributed by atoms with Gasteiger partial charge in [0.05, 0.1) is 13.2 Å². The van der Waals surface area contributed by atoms with Crippen LogP contribution in [0.25, 0.3) is 0 Å². The summed E-state index contributed by atoms with van der Waals surface area (Å²) in [6.07, 6.45) is 0. The molecule has 2 bridgehead atoms. The van der Waals surface area contributed by atoms with Gasteiger partial charge in [0.1, 0.15) is 5.92 Å². The van der Waals surface area contributed by atoms with Gasteiger partial charge in [-0.05, 0) is 63.1 Å². The van der Waals surface area contributed by atoms with Crippen LogP contribution in [-0.2, 0) is 4.79 Å². The molecule has 0 aromatic heterocycles. The summed E-state index contributed by atoms with van der Waals surface area (Å²) in [5, 5.41) is 6.17. The number of carbonyl (C=O) groups excluding carboxylic acids is 2. The van der Waals surface area contributed by atoms with Crippen LogP contribution in [0.2, 0.25) is 0 Å². The van der Waals surface area contributed by atoms with Gasteiger partial charge in [-0.1, -0.05) is 42.0 Å². The molecule has 5 rings (SSSR count). The monoisotopic (exact) mass is 471 g/mol. The molecular weight excluding hydrogens is 442 g/mol. The molecule has 0 saturated carbocycles. The maximum absolute atomic E-state index is 13.9. The normalized spacial score (nSPS) is 22.5. The van der Waals surface area contributed by atoms with Gasteiger partial charge in [-0.15, -0.1) is 0 Å². The molecule has 7 nitrogen and oxygen atoms in total. The van der Waals surface area contributed by atoms with Crippen molar-refractivity contribution in [1.29, 1.82) is 0 Å². The SMILES string of the molecule is COc1cccc2c1O[C@]1(C)[C@H](C(=O)Nc3ccc(C)cc3C)[C@H]2NC(=O)N1c1cccc(C)c1. The summed E-state index contributed by atoms with van der Waals surface area (Å²) < 4.78 is 12.2. The number of rotatable bonds is 4. The largest absolute Gasteiger partial charge is 0.493 e. The van der Waals surface area contributed by atoms with Crippen LogP contribution in [0.1, 0.15) is 35.2 Å². The van der Waals surface area contributed by atoms with Crippen molar-refractivity contribution in [3.63, 3.8) is 0 Å². The number of urea groups is 1. The zero-order valence-corrected chi connectivity index (χ0v) is 20.5. The third-order valence-electron chi connectivity index (χ3n) is 6.89. The van der Waals surface area contributed by atoms with Crippen LogP contribution >= 0.6 is 0 Å². The molecule has 0 spiro atoms. The van der Waals surface area contributed by atoms with E-state index in [0.29, 0.717) is 22.7 Å². The Bertz CT molecular complexity index is 1340. The van der Waals surface area contributed by atoms with Gasteiger partial charge in [0.2, 0.25) is 11.6 Å². The molecule has 180 valence electrons. The zero-order valence-electron chi connectivity index (χ0n) is 20.5.